The molecule has 1 atom stereocenters. The van der Waals surface area contributed by atoms with Crippen LogP contribution in [-0.4, -0.2) is 26.4 Å². The molecule has 0 bridgehead atoms. The lowest BCUT2D eigenvalue weighted by Gasteiger charge is -2.09. The average molecular weight is 216 g/mol. The first-order valence-electron chi connectivity index (χ1n) is 6.32. The zero-order valence-electron chi connectivity index (χ0n) is 10.9. The summed E-state index contributed by atoms with van der Waals surface area (Å²) < 4.78 is 10.9. The Morgan fingerprint density at radius 1 is 0.800 bits per heavy atom. The number of hydrogen-bond acceptors (Lipinski definition) is 2. The van der Waals surface area contributed by atoms with Gasteiger partial charge in [0, 0.05) is 13.2 Å². The summed E-state index contributed by atoms with van der Waals surface area (Å²) in [6.07, 6.45) is 3.56. The number of hydrogen-bond donors (Lipinski definition) is 0. The molecule has 0 heterocycles. The molecule has 92 valence electrons. The molecule has 0 aliphatic rings. The molecule has 1 unspecified atom stereocenters. The number of ether oxygens (including phenoxy) is 2. The maximum absolute atomic E-state index is 5.49. The van der Waals surface area contributed by atoms with Crippen LogP contribution in [0.5, 0.6) is 0 Å². The third-order valence-electron chi connectivity index (χ3n) is 2.66. The summed E-state index contributed by atoms with van der Waals surface area (Å²) in [5.41, 5.74) is 0. The van der Waals surface area contributed by atoms with E-state index in [9.17, 15) is 0 Å². The van der Waals surface area contributed by atoms with Crippen LogP contribution in [0.1, 0.15) is 47.0 Å². The predicted octanol–water partition coefficient (Wildman–Crippen LogP) is 3.50. The quantitative estimate of drug-likeness (QED) is 0.520. The summed E-state index contributed by atoms with van der Waals surface area (Å²) in [5, 5.41) is 0. The lowest BCUT2D eigenvalue weighted by atomic mass is 10.1. The zero-order valence-corrected chi connectivity index (χ0v) is 10.9. The molecule has 0 amide bonds. The Morgan fingerprint density at radius 2 is 1.33 bits per heavy atom. The van der Waals surface area contributed by atoms with Crippen molar-refractivity contribution in [1.29, 1.82) is 0 Å². The van der Waals surface area contributed by atoms with Gasteiger partial charge in [0.05, 0.1) is 13.2 Å². The highest BCUT2D eigenvalue weighted by Crippen LogP contribution is 2.05. The molecular formula is C13H28O2. The van der Waals surface area contributed by atoms with Crippen molar-refractivity contribution in [3.63, 3.8) is 0 Å². The number of rotatable bonds is 10. The van der Waals surface area contributed by atoms with E-state index in [0.29, 0.717) is 0 Å². The van der Waals surface area contributed by atoms with Gasteiger partial charge < -0.3 is 9.47 Å². The van der Waals surface area contributed by atoms with Crippen LogP contribution in [0.4, 0.5) is 0 Å². The molecule has 0 aromatic carbocycles. The molecule has 2 nitrogen and oxygen atoms in total. The Kier molecular flexibility index (Phi) is 10.4. The van der Waals surface area contributed by atoms with E-state index in [4.69, 9.17) is 9.47 Å². The molecule has 0 saturated heterocycles. The zero-order chi connectivity index (χ0) is 11.5. The molecule has 0 radical (unpaired) electrons. The summed E-state index contributed by atoms with van der Waals surface area (Å²) in [6.45, 7) is 12.1. The summed E-state index contributed by atoms with van der Waals surface area (Å²) in [4.78, 5) is 0. The van der Waals surface area contributed by atoms with Crippen LogP contribution in [0.25, 0.3) is 0 Å². The molecule has 0 N–H and O–H groups in total. The Morgan fingerprint density at radius 3 is 1.80 bits per heavy atom. The van der Waals surface area contributed by atoms with Crippen LogP contribution in [0.3, 0.4) is 0 Å². The second-order valence-electron chi connectivity index (χ2n) is 4.71. The van der Waals surface area contributed by atoms with E-state index in [0.717, 1.165) is 44.7 Å². The van der Waals surface area contributed by atoms with Crippen molar-refractivity contribution in [2.75, 3.05) is 26.4 Å². The van der Waals surface area contributed by atoms with Gasteiger partial charge >= 0.3 is 0 Å². The van der Waals surface area contributed by atoms with Gasteiger partial charge in [-0.25, -0.2) is 0 Å². The molecule has 0 aromatic heterocycles. The van der Waals surface area contributed by atoms with Crippen molar-refractivity contribution in [3.8, 4) is 0 Å². The van der Waals surface area contributed by atoms with Crippen LogP contribution in [0.15, 0.2) is 0 Å². The highest BCUT2D eigenvalue weighted by Gasteiger charge is 1.98. The summed E-state index contributed by atoms with van der Waals surface area (Å²) in [6, 6.07) is 0. The average Bonchev–Trinajstić information content (AvgIpc) is 2.21. The van der Waals surface area contributed by atoms with Crippen LogP contribution in [-0.2, 0) is 9.47 Å². The second-order valence-corrected chi connectivity index (χ2v) is 4.71. The molecule has 0 spiro atoms. The Labute approximate surface area is 95.3 Å². The third-order valence-corrected chi connectivity index (χ3v) is 2.66. The van der Waals surface area contributed by atoms with Gasteiger partial charge in [-0.3, -0.25) is 0 Å². The van der Waals surface area contributed by atoms with Crippen LogP contribution < -0.4 is 0 Å². The minimum absolute atomic E-state index is 0.733. The highest BCUT2D eigenvalue weighted by atomic mass is 16.5. The van der Waals surface area contributed by atoms with Crippen molar-refractivity contribution in [2.24, 2.45) is 11.8 Å². The van der Waals surface area contributed by atoms with Gasteiger partial charge in [-0.2, -0.15) is 0 Å². The van der Waals surface area contributed by atoms with E-state index in [2.05, 4.69) is 27.7 Å². The maximum atomic E-state index is 5.49. The van der Waals surface area contributed by atoms with E-state index in [1.807, 2.05) is 0 Å². The topological polar surface area (TPSA) is 18.5 Å². The van der Waals surface area contributed by atoms with Crippen molar-refractivity contribution < 1.29 is 9.47 Å². The Balaban J connectivity index is 2.99. The van der Waals surface area contributed by atoms with Crippen molar-refractivity contribution >= 4 is 0 Å². The second kappa shape index (κ2) is 10.4. The van der Waals surface area contributed by atoms with Crippen molar-refractivity contribution in [3.05, 3.63) is 0 Å². The fourth-order valence-electron chi connectivity index (χ4n) is 1.13. The van der Waals surface area contributed by atoms with Crippen LogP contribution in [0.2, 0.25) is 0 Å². The van der Waals surface area contributed by atoms with Gasteiger partial charge in [0.1, 0.15) is 0 Å². The van der Waals surface area contributed by atoms with Gasteiger partial charge in [0.25, 0.3) is 0 Å². The van der Waals surface area contributed by atoms with E-state index in [1.165, 1.54) is 12.8 Å². The Bertz CT molecular complexity index is 124. The minimum Gasteiger partial charge on any atom is -0.379 e. The van der Waals surface area contributed by atoms with Crippen molar-refractivity contribution in [1.82, 2.24) is 0 Å². The summed E-state index contributed by atoms with van der Waals surface area (Å²) in [7, 11) is 0. The van der Waals surface area contributed by atoms with Crippen LogP contribution in [0, 0.1) is 11.8 Å². The normalized spacial score (nSPS) is 13.4. The molecule has 0 saturated carbocycles. The minimum atomic E-state index is 0.733. The van der Waals surface area contributed by atoms with E-state index >= 15 is 0 Å². The first kappa shape index (κ1) is 14.9. The van der Waals surface area contributed by atoms with E-state index in [1.54, 1.807) is 0 Å². The van der Waals surface area contributed by atoms with Crippen LogP contribution >= 0.6 is 0 Å². The van der Waals surface area contributed by atoms with E-state index in [-0.39, 0.29) is 0 Å². The van der Waals surface area contributed by atoms with Gasteiger partial charge in [-0.1, -0.05) is 34.1 Å². The summed E-state index contributed by atoms with van der Waals surface area (Å²) >= 11 is 0. The first-order chi connectivity index (χ1) is 7.16. The van der Waals surface area contributed by atoms with Crippen molar-refractivity contribution in [2.45, 2.75) is 47.0 Å². The van der Waals surface area contributed by atoms with E-state index < -0.39 is 0 Å². The molecule has 0 aliphatic heterocycles. The third kappa shape index (κ3) is 11.8. The van der Waals surface area contributed by atoms with Gasteiger partial charge in [0.2, 0.25) is 0 Å². The molecule has 0 fully saturated rings. The molecule has 0 aliphatic carbocycles. The largest absolute Gasteiger partial charge is 0.379 e. The van der Waals surface area contributed by atoms with Gasteiger partial charge in [0.15, 0.2) is 0 Å². The first-order valence-corrected chi connectivity index (χ1v) is 6.32. The van der Waals surface area contributed by atoms with Gasteiger partial charge in [-0.15, -0.1) is 0 Å². The summed E-state index contributed by atoms with van der Waals surface area (Å²) in [5.74, 6) is 1.52. The highest BCUT2D eigenvalue weighted by molar-refractivity contribution is 4.48. The monoisotopic (exact) mass is 216 g/mol. The van der Waals surface area contributed by atoms with Gasteiger partial charge in [-0.05, 0) is 24.7 Å². The molecular weight excluding hydrogens is 188 g/mol. The molecule has 15 heavy (non-hydrogen) atoms. The fraction of sp³-hybridized carbons (Fsp3) is 1.00. The molecule has 2 heteroatoms. The smallest absolute Gasteiger partial charge is 0.0700 e. The standard InChI is InChI=1S/C13H28O2/c1-5-13(4)7-9-15-11-10-14-8-6-12(2)3/h12-13H,5-11H2,1-4H3. The molecule has 0 aromatic rings. The lowest BCUT2D eigenvalue weighted by Crippen LogP contribution is -2.08. The fourth-order valence-corrected chi connectivity index (χ4v) is 1.13. The predicted molar refractivity (Wildman–Crippen MR) is 65.2 cm³/mol. The lowest BCUT2D eigenvalue weighted by molar-refractivity contribution is 0.0398. The maximum Gasteiger partial charge on any atom is 0.0700 e. The molecule has 0 rings (SSSR count). The Hall–Kier alpha value is -0.0800. The SMILES string of the molecule is CCC(C)CCOCCOCCC(C)C.